The second-order valence-corrected chi connectivity index (χ2v) is 41.8. The average molecular weight is 697 g/mol. The number of esters is 2. The molecular formula is C28H64O8Si6. The Morgan fingerprint density at radius 2 is 0.738 bits per heavy atom. The van der Waals surface area contributed by atoms with Crippen molar-refractivity contribution in [2.24, 2.45) is 11.8 Å². The maximum Gasteiger partial charge on any atom is 0.345 e. The Labute approximate surface area is 264 Å². The third-order valence-corrected chi connectivity index (χ3v) is 25.0. The second-order valence-electron chi connectivity index (χ2n) is 16.3. The highest BCUT2D eigenvalue weighted by Gasteiger charge is 2.43. The summed E-state index contributed by atoms with van der Waals surface area (Å²) in [4.78, 5) is 26.2. The van der Waals surface area contributed by atoms with Gasteiger partial charge in [0.2, 0.25) is 0 Å². The Bertz CT molecular complexity index is 825. The van der Waals surface area contributed by atoms with Gasteiger partial charge in [0.25, 0.3) is 0 Å². The Balaban J connectivity index is 5.38. The van der Waals surface area contributed by atoms with Gasteiger partial charge in [-0.15, -0.1) is 0 Å². The van der Waals surface area contributed by atoms with Gasteiger partial charge in [-0.3, -0.25) is 0 Å². The van der Waals surface area contributed by atoms with Crippen molar-refractivity contribution in [3.05, 3.63) is 11.1 Å². The van der Waals surface area contributed by atoms with Crippen LogP contribution in [0.3, 0.4) is 0 Å². The molecule has 0 aromatic carbocycles. The largest absolute Gasteiger partial charge is 0.462 e. The second kappa shape index (κ2) is 15.9. The lowest BCUT2D eigenvalue weighted by Crippen LogP contribution is -2.53. The molecule has 248 valence electrons. The van der Waals surface area contributed by atoms with Crippen molar-refractivity contribution >= 4 is 62.3 Å². The van der Waals surface area contributed by atoms with Gasteiger partial charge in [0.1, 0.15) is 5.57 Å². The quantitative estimate of drug-likeness (QED) is 0.0466. The summed E-state index contributed by atoms with van der Waals surface area (Å²) in [6, 6.07) is 1.42. The maximum absolute atomic E-state index is 13.1. The molecule has 8 nitrogen and oxygen atoms in total. The van der Waals surface area contributed by atoms with Gasteiger partial charge in [0.15, 0.2) is 33.3 Å². The van der Waals surface area contributed by atoms with Crippen LogP contribution in [0.5, 0.6) is 0 Å². The minimum absolute atomic E-state index is 0.0214. The molecule has 0 amide bonds. The Hall–Kier alpha value is -0.179. The molecule has 0 aliphatic heterocycles. The van der Waals surface area contributed by atoms with Gasteiger partial charge in [-0.25, -0.2) is 9.59 Å². The lowest BCUT2D eigenvalue weighted by Gasteiger charge is -2.39. The first kappa shape index (κ1) is 41.8. The highest BCUT2D eigenvalue weighted by atomic mass is 28.5. The van der Waals surface area contributed by atoms with Crippen LogP contribution < -0.4 is 0 Å². The van der Waals surface area contributed by atoms with Crippen molar-refractivity contribution in [3.8, 4) is 0 Å². The zero-order valence-electron chi connectivity index (χ0n) is 30.2. The molecule has 0 aliphatic rings. The molecule has 0 spiro atoms. The molecule has 2 atom stereocenters. The number of rotatable bonds is 18. The normalized spacial score (nSPS) is 15.2. The molecule has 0 saturated carbocycles. The van der Waals surface area contributed by atoms with E-state index in [0.29, 0.717) is 17.7 Å². The van der Waals surface area contributed by atoms with E-state index in [1.165, 1.54) is 0 Å². The fourth-order valence-corrected chi connectivity index (χ4v) is 31.2. The number of hydrogen-bond donors (Lipinski definition) is 0. The summed E-state index contributed by atoms with van der Waals surface area (Å²) >= 11 is 0. The average Bonchev–Trinajstić information content (AvgIpc) is 2.63. The van der Waals surface area contributed by atoms with Gasteiger partial charge in [-0.1, -0.05) is 19.4 Å². The Morgan fingerprint density at radius 1 is 0.500 bits per heavy atom. The molecule has 0 fully saturated rings. The topological polar surface area (TPSA) is 89.5 Å². The van der Waals surface area contributed by atoms with E-state index in [0.717, 1.165) is 0 Å². The van der Waals surface area contributed by atoms with E-state index in [1.54, 1.807) is 13.8 Å². The number of ether oxygens (including phenoxy) is 2. The Kier molecular flexibility index (Phi) is 15.8. The molecule has 0 bridgehead atoms. The molecule has 0 N–H and O–H groups in total. The van der Waals surface area contributed by atoms with E-state index in [9.17, 15) is 9.59 Å². The van der Waals surface area contributed by atoms with Crippen LogP contribution in [0.4, 0.5) is 0 Å². The standard InChI is InChI=1S/C28H64O8Si6/c1-23(2)26(27(29)31-19-24(3)21-41(17,33-37(5,6)7)34-38(8,9)10)28(30)32-20-25(4)22-42(18,35-39(11,12)13)36-40(14,15)16/h24-25H,19-22H2,1-18H3. The molecular weight excluding hydrogens is 633 g/mol. The van der Waals surface area contributed by atoms with Gasteiger partial charge in [0.05, 0.1) is 13.2 Å². The van der Waals surface area contributed by atoms with Gasteiger partial charge in [-0.2, -0.15) is 0 Å². The molecule has 0 radical (unpaired) electrons. The van der Waals surface area contributed by atoms with Crippen LogP contribution in [-0.4, -0.2) is 75.5 Å². The molecule has 0 aliphatic carbocycles. The molecule has 0 aromatic heterocycles. The highest BCUT2D eigenvalue weighted by molar-refractivity contribution is 6.88. The van der Waals surface area contributed by atoms with E-state index < -0.39 is 62.3 Å². The van der Waals surface area contributed by atoms with Gasteiger partial charge in [-0.05, 0) is 129 Å². The van der Waals surface area contributed by atoms with Crippen LogP contribution in [0.1, 0.15) is 27.7 Å². The minimum Gasteiger partial charge on any atom is -0.462 e. The number of hydrogen-bond acceptors (Lipinski definition) is 8. The molecule has 42 heavy (non-hydrogen) atoms. The van der Waals surface area contributed by atoms with Crippen molar-refractivity contribution in [3.63, 3.8) is 0 Å². The molecule has 0 saturated heterocycles. The van der Waals surface area contributed by atoms with Crippen LogP contribution in [-0.2, 0) is 35.5 Å². The van der Waals surface area contributed by atoms with Crippen molar-refractivity contribution in [2.75, 3.05) is 13.2 Å². The summed E-state index contributed by atoms with van der Waals surface area (Å²) < 4.78 is 37.7. The number of carbonyl (C=O) groups excluding carboxylic acids is 2. The molecule has 0 heterocycles. The van der Waals surface area contributed by atoms with Crippen molar-refractivity contribution in [1.29, 1.82) is 0 Å². The summed E-state index contributed by atoms with van der Waals surface area (Å²) in [6.07, 6.45) is 0. The van der Waals surface area contributed by atoms with E-state index >= 15 is 0 Å². The summed E-state index contributed by atoms with van der Waals surface area (Å²) in [5, 5.41) is 0. The monoisotopic (exact) mass is 696 g/mol. The maximum atomic E-state index is 13.1. The van der Waals surface area contributed by atoms with Crippen molar-refractivity contribution in [1.82, 2.24) is 0 Å². The number of carbonyl (C=O) groups is 2. The van der Waals surface area contributed by atoms with E-state index in [-0.39, 0.29) is 30.6 Å². The smallest absolute Gasteiger partial charge is 0.345 e. The van der Waals surface area contributed by atoms with E-state index in [1.807, 2.05) is 13.8 Å². The lowest BCUT2D eigenvalue weighted by atomic mass is 10.1. The Morgan fingerprint density at radius 3 is 0.929 bits per heavy atom. The summed E-state index contributed by atoms with van der Waals surface area (Å²) in [7, 11) is -12.3. The first-order chi connectivity index (χ1) is 18.4. The van der Waals surface area contributed by atoms with Gasteiger partial charge < -0.3 is 25.9 Å². The summed E-state index contributed by atoms with van der Waals surface area (Å²) in [5.74, 6) is -1.26. The first-order valence-corrected chi connectivity index (χ1v) is 34.0. The van der Waals surface area contributed by atoms with E-state index in [2.05, 4.69) is 91.7 Å². The molecule has 14 heteroatoms. The molecule has 0 aromatic rings. The van der Waals surface area contributed by atoms with Crippen LogP contribution in [0, 0.1) is 11.8 Å². The molecule has 2 unspecified atom stereocenters. The minimum atomic E-state index is -2.49. The fourth-order valence-electron chi connectivity index (χ4n) is 5.25. The zero-order chi connectivity index (χ0) is 33.5. The third kappa shape index (κ3) is 19.3. The van der Waals surface area contributed by atoms with Crippen LogP contribution >= 0.6 is 0 Å². The van der Waals surface area contributed by atoms with Gasteiger partial charge >= 0.3 is 29.1 Å². The van der Waals surface area contributed by atoms with Crippen LogP contribution in [0.2, 0.25) is 104 Å². The zero-order valence-corrected chi connectivity index (χ0v) is 36.2. The number of allylic oxidation sites excluding steroid dienone is 1. The SMILES string of the molecule is CC(C)=C(C(=O)OCC(C)C[Si](C)(O[Si](C)(C)C)O[Si](C)(C)C)C(=O)OCC(C)C[Si](C)(O[Si](C)(C)C)O[Si](C)(C)C. The summed E-state index contributed by atoms with van der Waals surface area (Å²) in [5.41, 5.74) is 0.528. The van der Waals surface area contributed by atoms with E-state index in [4.69, 9.17) is 25.9 Å². The predicted octanol–water partition coefficient (Wildman–Crippen LogP) is 8.23. The summed E-state index contributed by atoms with van der Waals surface area (Å²) in [6.45, 7) is 38.2. The predicted molar refractivity (Wildman–Crippen MR) is 189 cm³/mol. The lowest BCUT2D eigenvalue weighted by molar-refractivity contribution is -0.148. The third-order valence-electron chi connectivity index (χ3n) is 5.43. The van der Waals surface area contributed by atoms with Gasteiger partial charge in [0, 0.05) is 0 Å². The van der Waals surface area contributed by atoms with Crippen LogP contribution in [0.25, 0.3) is 0 Å². The molecule has 0 rings (SSSR count). The highest BCUT2D eigenvalue weighted by Crippen LogP contribution is 2.29. The van der Waals surface area contributed by atoms with Crippen molar-refractivity contribution < 1.29 is 35.5 Å². The van der Waals surface area contributed by atoms with Crippen LogP contribution in [0.15, 0.2) is 11.1 Å². The fraction of sp³-hybridized carbons (Fsp3) is 0.857. The first-order valence-electron chi connectivity index (χ1n) is 15.3. The van der Waals surface area contributed by atoms with Crippen molar-refractivity contribution in [2.45, 2.75) is 131 Å².